The molecule has 1 amide bonds. The van der Waals surface area contributed by atoms with Crippen LogP contribution >= 0.6 is 12.4 Å². The van der Waals surface area contributed by atoms with Crippen molar-refractivity contribution in [2.45, 2.75) is 39.2 Å². The van der Waals surface area contributed by atoms with Crippen molar-refractivity contribution in [1.82, 2.24) is 10.2 Å². The van der Waals surface area contributed by atoms with Crippen molar-refractivity contribution in [2.75, 3.05) is 19.6 Å². The average Bonchev–Trinajstić information content (AvgIpc) is 2.45. The van der Waals surface area contributed by atoms with E-state index in [0.29, 0.717) is 6.04 Å². The molecular weight excluding hydrogens is 272 g/mol. The zero-order valence-corrected chi connectivity index (χ0v) is 13.2. The predicted octanol–water partition coefficient (Wildman–Crippen LogP) is 3.02. The molecule has 3 nitrogen and oxygen atoms in total. The lowest BCUT2D eigenvalue weighted by Gasteiger charge is -2.34. The Labute approximate surface area is 128 Å². The number of nitrogens with zero attached hydrogens (tertiary/aromatic N) is 1. The van der Waals surface area contributed by atoms with Crippen LogP contribution in [0.2, 0.25) is 0 Å². The lowest BCUT2D eigenvalue weighted by molar-refractivity contribution is 0.0642. The molecule has 1 aromatic carbocycles. The van der Waals surface area contributed by atoms with Crippen LogP contribution in [0.4, 0.5) is 0 Å². The SMILES string of the molecule is CCCN(C(=O)c1cccc(C)c1)C1CCNCC1.Cl. The summed E-state index contributed by atoms with van der Waals surface area (Å²) in [6.07, 6.45) is 3.15. The van der Waals surface area contributed by atoms with Gasteiger partial charge in [-0.25, -0.2) is 0 Å². The fraction of sp³-hybridized carbons (Fsp3) is 0.562. The molecular formula is C16H25ClN2O. The summed E-state index contributed by atoms with van der Waals surface area (Å²) >= 11 is 0. The quantitative estimate of drug-likeness (QED) is 0.926. The van der Waals surface area contributed by atoms with Gasteiger partial charge in [0.2, 0.25) is 0 Å². The minimum Gasteiger partial charge on any atom is -0.336 e. The van der Waals surface area contributed by atoms with Gasteiger partial charge in [-0.2, -0.15) is 0 Å². The van der Waals surface area contributed by atoms with E-state index in [1.807, 2.05) is 31.2 Å². The molecule has 20 heavy (non-hydrogen) atoms. The number of piperidine rings is 1. The third-order valence-corrected chi connectivity index (χ3v) is 3.74. The van der Waals surface area contributed by atoms with E-state index in [1.54, 1.807) is 0 Å². The average molecular weight is 297 g/mol. The first-order chi connectivity index (χ1) is 9.22. The van der Waals surface area contributed by atoms with Gasteiger partial charge in [0.05, 0.1) is 0 Å². The van der Waals surface area contributed by atoms with Crippen LogP contribution < -0.4 is 5.32 Å². The first-order valence-corrected chi connectivity index (χ1v) is 7.30. The number of amides is 1. The highest BCUT2D eigenvalue weighted by Crippen LogP contribution is 2.17. The van der Waals surface area contributed by atoms with E-state index in [2.05, 4.69) is 17.1 Å². The van der Waals surface area contributed by atoms with Crippen LogP contribution in [-0.4, -0.2) is 36.5 Å². The maximum atomic E-state index is 12.7. The minimum absolute atomic E-state index is 0. The number of hydrogen-bond acceptors (Lipinski definition) is 2. The molecule has 1 fully saturated rings. The molecule has 0 spiro atoms. The molecule has 0 radical (unpaired) electrons. The maximum Gasteiger partial charge on any atom is 0.254 e. The van der Waals surface area contributed by atoms with E-state index in [1.165, 1.54) is 0 Å². The van der Waals surface area contributed by atoms with E-state index >= 15 is 0 Å². The number of benzene rings is 1. The number of rotatable bonds is 4. The summed E-state index contributed by atoms with van der Waals surface area (Å²) in [5.74, 6) is 0.192. The molecule has 1 aliphatic rings. The van der Waals surface area contributed by atoms with Crippen molar-refractivity contribution >= 4 is 18.3 Å². The molecule has 0 bridgehead atoms. The van der Waals surface area contributed by atoms with Crippen molar-refractivity contribution in [3.8, 4) is 0 Å². The van der Waals surface area contributed by atoms with Crippen molar-refractivity contribution in [2.24, 2.45) is 0 Å². The van der Waals surface area contributed by atoms with Crippen molar-refractivity contribution in [3.05, 3.63) is 35.4 Å². The van der Waals surface area contributed by atoms with Gasteiger partial charge in [-0.15, -0.1) is 12.4 Å². The van der Waals surface area contributed by atoms with Crippen LogP contribution in [0, 0.1) is 6.92 Å². The largest absolute Gasteiger partial charge is 0.336 e. The molecule has 1 N–H and O–H groups in total. The number of carbonyl (C=O) groups excluding carboxylic acids is 1. The number of hydrogen-bond donors (Lipinski definition) is 1. The second kappa shape index (κ2) is 8.28. The summed E-state index contributed by atoms with van der Waals surface area (Å²) in [5.41, 5.74) is 1.97. The molecule has 0 atom stereocenters. The minimum atomic E-state index is 0. The number of halogens is 1. The van der Waals surface area contributed by atoms with Crippen molar-refractivity contribution < 1.29 is 4.79 Å². The lowest BCUT2D eigenvalue weighted by atomic mass is 10.0. The standard InChI is InChI=1S/C16H24N2O.ClH/c1-3-11-18(15-7-9-17-10-8-15)16(19)14-6-4-5-13(2)12-14;/h4-6,12,15,17H,3,7-11H2,1-2H3;1H. The molecule has 1 heterocycles. The molecule has 1 aromatic rings. The molecule has 0 aromatic heterocycles. The zero-order valence-electron chi connectivity index (χ0n) is 12.4. The van der Waals surface area contributed by atoms with E-state index < -0.39 is 0 Å². The monoisotopic (exact) mass is 296 g/mol. The van der Waals surface area contributed by atoms with Crippen molar-refractivity contribution in [3.63, 3.8) is 0 Å². The fourth-order valence-electron chi connectivity index (χ4n) is 2.75. The van der Waals surface area contributed by atoms with Crippen LogP contribution in [0.25, 0.3) is 0 Å². The Morgan fingerprint density at radius 2 is 2.05 bits per heavy atom. The highest BCUT2D eigenvalue weighted by atomic mass is 35.5. The number of nitrogens with one attached hydrogen (secondary N) is 1. The third-order valence-electron chi connectivity index (χ3n) is 3.74. The Bertz CT molecular complexity index is 430. The molecule has 4 heteroatoms. The summed E-state index contributed by atoms with van der Waals surface area (Å²) in [5, 5.41) is 3.36. The molecule has 112 valence electrons. The van der Waals surface area contributed by atoms with Crippen LogP contribution in [0.15, 0.2) is 24.3 Å². The van der Waals surface area contributed by atoms with E-state index in [9.17, 15) is 4.79 Å². The second-order valence-corrected chi connectivity index (χ2v) is 5.35. The molecule has 2 rings (SSSR count). The number of carbonyl (C=O) groups is 1. The Morgan fingerprint density at radius 3 is 2.65 bits per heavy atom. The van der Waals surface area contributed by atoms with Gasteiger partial charge in [0.25, 0.3) is 5.91 Å². The third kappa shape index (κ3) is 4.22. The lowest BCUT2D eigenvalue weighted by Crippen LogP contribution is -2.46. The summed E-state index contributed by atoms with van der Waals surface area (Å²) in [4.78, 5) is 14.8. The van der Waals surface area contributed by atoms with Crippen molar-refractivity contribution in [1.29, 1.82) is 0 Å². The molecule has 1 aliphatic heterocycles. The van der Waals surface area contributed by atoms with Gasteiger partial charge in [0.1, 0.15) is 0 Å². The Kier molecular flexibility index (Phi) is 7.03. The summed E-state index contributed by atoms with van der Waals surface area (Å²) < 4.78 is 0. The van der Waals surface area contributed by atoms with Crippen LogP contribution in [0.1, 0.15) is 42.1 Å². The van der Waals surface area contributed by atoms with E-state index in [-0.39, 0.29) is 18.3 Å². The summed E-state index contributed by atoms with van der Waals surface area (Å²) in [6.45, 7) is 7.07. The smallest absolute Gasteiger partial charge is 0.254 e. The molecule has 0 saturated carbocycles. The summed E-state index contributed by atoms with van der Waals surface area (Å²) in [6, 6.07) is 8.32. The van der Waals surface area contributed by atoms with Crippen LogP contribution in [0.3, 0.4) is 0 Å². The molecule has 0 aliphatic carbocycles. The Balaban J connectivity index is 0.00000200. The van der Waals surface area contributed by atoms with Gasteiger partial charge < -0.3 is 10.2 Å². The normalized spacial score (nSPS) is 15.5. The van der Waals surface area contributed by atoms with Gasteiger partial charge >= 0.3 is 0 Å². The predicted molar refractivity (Wildman–Crippen MR) is 85.6 cm³/mol. The molecule has 1 saturated heterocycles. The van der Waals surface area contributed by atoms with Gasteiger partial charge in [0.15, 0.2) is 0 Å². The highest BCUT2D eigenvalue weighted by Gasteiger charge is 2.25. The number of aryl methyl sites for hydroxylation is 1. The van der Waals surface area contributed by atoms with Crippen LogP contribution in [0.5, 0.6) is 0 Å². The molecule has 0 unspecified atom stereocenters. The van der Waals surface area contributed by atoms with Gasteiger partial charge in [0, 0.05) is 18.2 Å². The Hall–Kier alpha value is -1.06. The zero-order chi connectivity index (χ0) is 13.7. The van der Waals surface area contributed by atoms with Gasteiger partial charge in [-0.1, -0.05) is 24.6 Å². The van der Waals surface area contributed by atoms with Crippen LogP contribution in [-0.2, 0) is 0 Å². The van der Waals surface area contributed by atoms with E-state index in [4.69, 9.17) is 0 Å². The Morgan fingerprint density at radius 1 is 1.35 bits per heavy atom. The fourth-order valence-corrected chi connectivity index (χ4v) is 2.75. The first kappa shape index (κ1) is 17.0. The maximum absolute atomic E-state index is 12.7. The first-order valence-electron chi connectivity index (χ1n) is 7.30. The highest BCUT2D eigenvalue weighted by molar-refractivity contribution is 5.94. The van der Waals surface area contributed by atoms with Gasteiger partial charge in [-0.3, -0.25) is 4.79 Å². The second-order valence-electron chi connectivity index (χ2n) is 5.35. The van der Waals surface area contributed by atoms with Gasteiger partial charge in [-0.05, 0) is 51.4 Å². The summed E-state index contributed by atoms with van der Waals surface area (Å²) in [7, 11) is 0. The van der Waals surface area contributed by atoms with E-state index in [0.717, 1.165) is 50.0 Å². The topological polar surface area (TPSA) is 32.3 Å².